The van der Waals surface area contributed by atoms with Crippen molar-refractivity contribution in [2.75, 3.05) is 0 Å². The van der Waals surface area contributed by atoms with E-state index in [1.165, 1.54) is 6.92 Å². The topological polar surface area (TPSA) is 101 Å². The third-order valence-electron chi connectivity index (χ3n) is 1.32. The molecule has 1 fully saturated rings. The van der Waals surface area contributed by atoms with E-state index in [0.717, 1.165) is 0 Å². The number of hydrogen-bond acceptors (Lipinski definition) is 4. The lowest BCUT2D eigenvalue weighted by molar-refractivity contribution is -0.426. The molecule has 12 heavy (non-hydrogen) atoms. The maximum absolute atomic E-state index is 10.5. The van der Waals surface area contributed by atoms with E-state index in [1.54, 1.807) is 0 Å². The lowest BCUT2D eigenvalue weighted by atomic mass is 10.5. The summed E-state index contributed by atoms with van der Waals surface area (Å²) >= 11 is 0. The van der Waals surface area contributed by atoms with Crippen molar-refractivity contribution in [3.8, 4) is 0 Å². The normalized spacial score (nSPS) is 15.6. The SMILES string of the molecule is CC(=C1NC(=O)C(=O)N1)[N+](=O)[O-]. The van der Waals surface area contributed by atoms with E-state index in [2.05, 4.69) is 0 Å². The molecule has 0 aliphatic carbocycles. The Balaban J connectivity index is 2.94. The van der Waals surface area contributed by atoms with Crippen LogP contribution < -0.4 is 10.6 Å². The first-order valence-electron chi connectivity index (χ1n) is 3.00. The van der Waals surface area contributed by atoms with Crippen LogP contribution in [0.3, 0.4) is 0 Å². The molecule has 7 heteroatoms. The highest BCUT2D eigenvalue weighted by Crippen LogP contribution is 2.02. The van der Waals surface area contributed by atoms with E-state index in [4.69, 9.17) is 0 Å². The van der Waals surface area contributed by atoms with E-state index in [-0.39, 0.29) is 11.5 Å². The van der Waals surface area contributed by atoms with E-state index in [1.807, 2.05) is 10.6 Å². The summed E-state index contributed by atoms with van der Waals surface area (Å²) in [6.45, 7) is 1.18. The lowest BCUT2D eigenvalue weighted by Crippen LogP contribution is -2.19. The van der Waals surface area contributed by atoms with Gasteiger partial charge >= 0.3 is 11.8 Å². The molecule has 0 aromatic carbocycles. The van der Waals surface area contributed by atoms with Crippen molar-refractivity contribution in [1.29, 1.82) is 0 Å². The molecule has 0 saturated carbocycles. The molecule has 0 aromatic heterocycles. The summed E-state index contributed by atoms with van der Waals surface area (Å²) in [5.41, 5.74) is -0.297. The van der Waals surface area contributed by atoms with Gasteiger partial charge in [-0.2, -0.15) is 0 Å². The third-order valence-corrected chi connectivity index (χ3v) is 1.32. The fourth-order valence-electron chi connectivity index (χ4n) is 0.644. The van der Waals surface area contributed by atoms with Gasteiger partial charge in [-0.3, -0.25) is 30.3 Å². The van der Waals surface area contributed by atoms with Gasteiger partial charge < -0.3 is 0 Å². The fraction of sp³-hybridized carbons (Fsp3) is 0.200. The van der Waals surface area contributed by atoms with Crippen molar-refractivity contribution >= 4 is 11.8 Å². The molecule has 0 unspecified atom stereocenters. The maximum atomic E-state index is 10.5. The quantitative estimate of drug-likeness (QED) is 0.290. The molecule has 0 spiro atoms. The van der Waals surface area contributed by atoms with E-state index in [9.17, 15) is 19.7 Å². The first-order chi connectivity index (χ1) is 5.52. The van der Waals surface area contributed by atoms with Gasteiger partial charge in [0, 0.05) is 6.92 Å². The summed E-state index contributed by atoms with van der Waals surface area (Å²) < 4.78 is 0. The van der Waals surface area contributed by atoms with Crippen LogP contribution in [0.1, 0.15) is 6.92 Å². The van der Waals surface area contributed by atoms with Crippen molar-refractivity contribution in [2.45, 2.75) is 6.92 Å². The zero-order chi connectivity index (χ0) is 9.30. The van der Waals surface area contributed by atoms with Crippen LogP contribution in [0.5, 0.6) is 0 Å². The van der Waals surface area contributed by atoms with Crippen LogP contribution in [0, 0.1) is 10.1 Å². The van der Waals surface area contributed by atoms with Crippen LogP contribution in [0.15, 0.2) is 11.5 Å². The molecule has 1 aliphatic rings. The summed E-state index contributed by atoms with van der Waals surface area (Å²) in [5.74, 6) is -1.92. The van der Waals surface area contributed by atoms with E-state index in [0.29, 0.717) is 0 Å². The molecular weight excluding hydrogens is 166 g/mol. The van der Waals surface area contributed by atoms with Crippen molar-refractivity contribution in [3.05, 3.63) is 21.6 Å². The van der Waals surface area contributed by atoms with Crippen LogP contribution >= 0.6 is 0 Å². The van der Waals surface area contributed by atoms with Gasteiger partial charge in [0.05, 0.1) is 4.92 Å². The van der Waals surface area contributed by atoms with E-state index >= 15 is 0 Å². The summed E-state index contributed by atoms with van der Waals surface area (Å²) in [5, 5.41) is 14.2. The first-order valence-corrected chi connectivity index (χ1v) is 3.00. The van der Waals surface area contributed by atoms with Gasteiger partial charge in [0.2, 0.25) is 0 Å². The molecule has 0 aromatic rings. The third kappa shape index (κ3) is 1.24. The minimum Gasteiger partial charge on any atom is -0.298 e. The molecule has 1 rings (SSSR count). The van der Waals surface area contributed by atoms with Gasteiger partial charge in [-0.1, -0.05) is 0 Å². The number of hydrogen-bond donors (Lipinski definition) is 2. The molecule has 7 nitrogen and oxygen atoms in total. The molecule has 1 saturated heterocycles. The maximum Gasteiger partial charge on any atom is 0.315 e. The van der Waals surface area contributed by atoms with Gasteiger partial charge in [-0.25, -0.2) is 0 Å². The number of nitrogens with one attached hydrogen (secondary N) is 2. The van der Waals surface area contributed by atoms with Crippen molar-refractivity contribution < 1.29 is 14.5 Å². The Morgan fingerprint density at radius 2 is 1.75 bits per heavy atom. The Morgan fingerprint density at radius 1 is 1.33 bits per heavy atom. The molecular formula is C5H5N3O4. The number of rotatable bonds is 1. The second-order valence-corrected chi connectivity index (χ2v) is 2.13. The number of amides is 2. The average molecular weight is 171 g/mol. The van der Waals surface area contributed by atoms with Crippen molar-refractivity contribution in [2.24, 2.45) is 0 Å². The highest BCUT2D eigenvalue weighted by molar-refractivity contribution is 6.38. The van der Waals surface area contributed by atoms with Crippen LogP contribution in [-0.2, 0) is 9.59 Å². The molecule has 1 heterocycles. The molecule has 1 aliphatic heterocycles. The van der Waals surface area contributed by atoms with Crippen LogP contribution in [0.2, 0.25) is 0 Å². The molecule has 64 valence electrons. The van der Waals surface area contributed by atoms with Gasteiger partial charge in [-0.15, -0.1) is 0 Å². The summed E-state index contributed by atoms with van der Waals surface area (Å²) in [4.78, 5) is 30.5. The summed E-state index contributed by atoms with van der Waals surface area (Å²) in [7, 11) is 0. The number of carbonyl (C=O) groups excluding carboxylic acids is 2. The standard InChI is InChI=1S/C5H5N3O4/c1-2(8(11)12)3-6-4(9)5(10)7-3/h1H3,(H,6,9)(H,7,10). The smallest absolute Gasteiger partial charge is 0.298 e. The molecule has 2 amide bonds. The molecule has 2 N–H and O–H groups in total. The Kier molecular flexibility index (Phi) is 1.78. The molecule has 0 bridgehead atoms. The van der Waals surface area contributed by atoms with Crippen LogP contribution in [0.4, 0.5) is 0 Å². The molecule has 0 atom stereocenters. The average Bonchev–Trinajstić information content (AvgIpc) is 2.30. The number of carbonyl (C=O) groups is 2. The number of allylic oxidation sites excluding steroid dienone is 1. The molecule has 0 radical (unpaired) electrons. The fourth-order valence-corrected chi connectivity index (χ4v) is 0.644. The van der Waals surface area contributed by atoms with Gasteiger partial charge in [0.1, 0.15) is 0 Å². The van der Waals surface area contributed by atoms with Gasteiger partial charge in [0.15, 0.2) is 5.82 Å². The predicted octanol–water partition coefficient (Wildman–Crippen LogP) is -1.30. The first kappa shape index (κ1) is 8.18. The Labute approximate surface area is 66.6 Å². The number of nitrogens with zero attached hydrogens (tertiary/aromatic N) is 1. The Morgan fingerprint density at radius 3 is 2.08 bits per heavy atom. The highest BCUT2D eigenvalue weighted by Gasteiger charge is 2.29. The van der Waals surface area contributed by atoms with Crippen molar-refractivity contribution in [1.82, 2.24) is 10.6 Å². The lowest BCUT2D eigenvalue weighted by Gasteiger charge is -1.94. The largest absolute Gasteiger partial charge is 0.315 e. The second-order valence-electron chi connectivity index (χ2n) is 2.13. The Hall–Kier alpha value is -1.92. The number of nitro groups is 1. The monoisotopic (exact) mass is 171 g/mol. The predicted molar refractivity (Wildman–Crippen MR) is 36.0 cm³/mol. The zero-order valence-corrected chi connectivity index (χ0v) is 6.08. The summed E-state index contributed by atoms with van der Waals surface area (Å²) in [6.07, 6.45) is 0. The highest BCUT2D eigenvalue weighted by atomic mass is 16.6. The Bertz CT molecular complexity index is 288. The zero-order valence-electron chi connectivity index (χ0n) is 6.08. The van der Waals surface area contributed by atoms with E-state index < -0.39 is 16.7 Å². The van der Waals surface area contributed by atoms with Crippen molar-refractivity contribution in [3.63, 3.8) is 0 Å². The van der Waals surface area contributed by atoms with Gasteiger partial charge in [0.25, 0.3) is 5.70 Å². The van der Waals surface area contributed by atoms with Gasteiger partial charge in [-0.05, 0) is 0 Å². The van der Waals surface area contributed by atoms with Crippen LogP contribution in [-0.4, -0.2) is 16.7 Å². The van der Waals surface area contributed by atoms with Crippen LogP contribution in [0.25, 0.3) is 0 Å². The second kappa shape index (κ2) is 2.61. The summed E-state index contributed by atoms with van der Waals surface area (Å²) in [6, 6.07) is 0. The minimum atomic E-state index is -0.883. The minimum absolute atomic E-state index is 0.157.